The second-order valence-corrected chi connectivity index (χ2v) is 4.17. The van der Waals surface area contributed by atoms with Crippen LogP contribution >= 0.6 is 0 Å². The molecule has 0 fully saturated rings. The van der Waals surface area contributed by atoms with Crippen molar-refractivity contribution in [3.8, 4) is 0 Å². The second kappa shape index (κ2) is 4.94. The molecule has 2 aromatic rings. The second-order valence-electron chi connectivity index (χ2n) is 4.17. The van der Waals surface area contributed by atoms with E-state index in [1.165, 1.54) is 18.9 Å². The van der Waals surface area contributed by atoms with Crippen molar-refractivity contribution < 1.29 is 13.2 Å². The van der Waals surface area contributed by atoms with Crippen molar-refractivity contribution in [2.24, 2.45) is 0 Å². The highest BCUT2D eigenvalue weighted by molar-refractivity contribution is 5.32. The van der Waals surface area contributed by atoms with Crippen molar-refractivity contribution in [3.63, 3.8) is 0 Å². The summed E-state index contributed by atoms with van der Waals surface area (Å²) < 4.78 is 38.0. The zero-order valence-electron chi connectivity index (χ0n) is 10.6. The third-order valence-corrected chi connectivity index (χ3v) is 2.41. The minimum Gasteiger partial charge on any atom is -0.336 e. The Balaban J connectivity index is 2.27. The van der Waals surface area contributed by atoms with Crippen molar-refractivity contribution in [1.82, 2.24) is 25.1 Å². The fourth-order valence-electron chi connectivity index (χ4n) is 1.54. The lowest BCUT2D eigenvalue weighted by molar-refractivity contribution is -0.141. The van der Waals surface area contributed by atoms with Crippen LogP contribution in [0.5, 0.6) is 0 Å². The van der Waals surface area contributed by atoms with Crippen molar-refractivity contribution in [1.29, 1.82) is 0 Å². The third-order valence-electron chi connectivity index (χ3n) is 2.41. The van der Waals surface area contributed by atoms with E-state index in [1.807, 2.05) is 0 Å². The lowest BCUT2D eigenvalue weighted by atomic mass is 10.3. The summed E-state index contributed by atoms with van der Waals surface area (Å²) in [5.74, 6) is 0.178. The van der Waals surface area contributed by atoms with Gasteiger partial charge >= 0.3 is 11.9 Å². The molecule has 0 aromatic carbocycles. The van der Waals surface area contributed by atoms with E-state index in [-0.39, 0.29) is 24.0 Å². The summed E-state index contributed by atoms with van der Waals surface area (Å²) in [6, 6.07) is 0.869. The molecule has 2 heterocycles. The normalized spacial score (nSPS) is 11.7. The first kappa shape index (κ1) is 14.0. The van der Waals surface area contributed by atoms with Gasteiger partial charge in [-0.2, -0.15) is 18.3 Å². The summed E-state index contributed by atoms with van der Waals surface area (Å²) in [6.45, 7) is 1.52. The Morgan fingerprint density at radius 3 is 2.60 bits per heavy atom. The van der Waals surface area contributed by atoms with Gasteiger partial charge in [-0.3, -0.25) is 4.98 Å². The van der Waals surface area contributed by atoms with Crippen LogP contribution in [0.15, 0.2) is 10.9 Å². The average molecular weight is 288 g/mol. The summed E-state index contributed by atoms with van der Waals surface area (Å²) in [6.07, 6.45) is -4.54. The number of hydrogen-bond donors (Lipinski definition) is 2. The molecular weight excluding hydrogens is 277 g/mol. The van der Waals surface area contributed by atoms with Crippen LogP contribution < -0.4 is 10.6 Å². The summed E-state index contributed by atoms with van der Waals surface area (Å²) in [4.78, 5) is 22.0. The SMILES string of the molecule is Cc1cc(C(F)(F)F)nc(N(C)Cc2n[nH]c(=O)[nH]2)n1. The van der Waals surface area contributed by atoms with Crippen LogP contribution in [-0.2, 0) is 12.7 Å². The number of aromatic amines is 2. The average Bonchev–Trinajstić information content (AvgIpc) is 2.72. The Kier molecular flexibility index (Phi) is 3.47. The van der Waals surface area contributed by atoms with E-state index in [0.717, 1.165) is 6.07 Å². The smallest absolute Gasteiger partial charge is 0.336 e. The highest BCUT2D eigenvalue weighted by atomic mass is 19.4. The quantitative estimate of drug-likeness (QED) is 0.874. The van der Waals surface area contributed by atoms with E-state index in [9.17, 15) is 18.0 Å². The molecule has 2 aromatic heterocycles. The van der Waals surface area contributed by atoms with Gasteiger partial charge in [0.1, 0.15) is 5.69 Å². The zero-order valence-corrected chi connectivity index (χ0v) is 10.6. The summed E-state index contributed by atoms with van der Waals surface area (Å²) in [7, 11) is 1.50. The van der Waals surface area contributed by atoms with Crippen LogP contribution in [0.25, 0.3) is 0 Å². The minimum absolute atomic E-state index is 0.0689. The molecule has 2 N–H and O–H groups in total. The number of nitrogens with one attached hydrogen (secondary N) is 2. The van der Waals surface area contributed by atoms with Gasteiger partial charge < -0.3 is 4.90 Å². The largest absolute Gasteiger partial charge is 0.433 e. The number of hydrogen-bond acceptors (Lipinski definition) is 5. The Labute approximate surface area is 110 Å². The Morgan fingerprint density at radius 2 is 2.05 bits per heavy atom. The van der Waals surface area contributed by atoms with E-state index < -0.39 is 17.6 Å². The van der Waals surface area contributed by atoms with Crippen molar-refractivity contribution in [2.75, 3.05) is 11.9 Å². The van der Waals surface area contributed by atoms with Crippen LogP contribution in [0.4, 0.5) is 19.1 Å². The maximum absolute atomic E-state index is 12.7. The lowest BCUT2D eigenvalue weighted by Crippen LogP contribution is -2.22. The zero-order chi connectivity index (χ0) is 14.9. The molecule has 0 saturated heterocycles. The predicted molar refractivity (Wildman–Crippen MR) is 63.1 cm³/mol. The topological polar surface area (TPSA) is 90.6 Å². The molecule has 10 heteroatoms. The van der Waals surface area contributed by atoms with Crippen LogP contribution in [0.2, 0.25) is 0 Å². The maximum Gasteiger partial charge on any atom is 0.433 e. The molecule has 20 heavy (non-hydrogen) atoms. The first-order chi connectivity index (χ1) is 9.25. The monoisotopic (exact) mass is 288 g/mol. The molecule has 7 nitrogen and oxygen atoms in total. The van der Waals surface area contributed by atoms with Crippen LogP contribution in [0, 0.1) is 6.92 Å². The first-order valence-corrected chi connectivity index (χ1v) is 5.53. The number of anilines is 1. The predicted octanol–water partition coefficient (Wildman–Crippen LogP) is 0.852. The molecule has 0 aliphatic rings. The summed E-state index contributed by atoms with van der Waals surface area (Å²) in [5.41, 5.74) is -1.30. The van der Waals surface area contributed by atoms with Gasteiger partial charge in [0.05, 0.1) is 6.54 Å². The minimum atomic E-state index is -4.54. The number of nitrogens with zero attached hydrogens (tertiary/aromatic N) is 4. The van der Waals surface area contributed by atoms with E-state index >= 15 is 0 Å². The van der Waals surface area contributed by atoms with Crippen LogP contribution in [-0.4, -0.2) is 32.2 Å². The molecule has 2 rings (SSSR count). The fourth-order valence-corrected chi connectivity index (χ4v) is 1.54. The number of aryl methyl sites for hydroxylation is 1. The van der Waals surface area contributed by atoms with E-state index in [1.54, 1.807) is 0 Å². The summed E-state index contributed by atoms with van der Waals surface area (Å²) in [5, 5.41) is 5.83. The van der Waals surface area contributed by atoms with Gasteiger partial charge in [-0.25, -0.2) is 19.9 Å². The molecule has 0 unspecified atom stereocenters. The van der Waals surface area contributed by atoms with Gasteiger partial charge in [0.25, 0.3) is 0 Å². The molecule has 108 valence electrons. The standard InChI is InChI=1S/C10H11F3N6O/c1-5-3-6(10(11,12)13)15-8(14-5)19(2)4-7-16-9(20)18-17-7/h3H,4H2,1-2H3,(H2,16,17,18,20). The van der Waals surface area contributed by atoms with E-state index in [2.05, 4.69) is 25.1 Å². The molecule has 0 aliphatic carbocycles. The molecule has 0 atom stereocenters. The molecule has 0 saturated carbocycles. The molecular formula is C10H11F3N6O. The number of rotatable bonds is 3. The van der Waals surface area contributed by atoms with Gasteiger partial charge in [0.15, 0.2) is 5.82 Å². The number of halogens is 3. The highest BCUT2D eigenvalue weighted by Crippen LogP contribution is 2.28. The van der Waals surface area contributed by atoms with E-state index in [0.29, 0.717) is 0 Å². The van der Waals surface area contributed by atoms with Gasteiger partial charge in [-0.05, 0) is 13.0 Å². The molecule has 0 radical (unpaired) electrons. The molecule has 0 spiro atoms. The van der Waals surface area contributed by atoms with Crippen LogP contribution in [0.3, 0.4) is 0 Å². The highest BCUT2D eigenvalue weighted by Gasteiger charge is 2.33. The Morgan fingerprint density at radius 1 is 1.35 bits per heavy atom. The van der Waals surface area contributed by atoms with Gasteiger partial charge in [0, 0.05) is 12.7 Å². The number of alkyl halides is 3. The molecule has 0 bridgehead atoms. The fraction of sp³-hybridized carbons (Fsp3) is 0.400. The first-order valence-electron chi connectivity index (χ1n) is 5.53. The van der Waals surface area contributed by atoms with Gasteiger partial charge in [0.2, 0.25) is 5.95 Å². The van der Waals surface area contributed by atoms with Crippen LogP contribution in [0.1, 0.15) is 17.2 Å². The molecule has 0 amide bonds. The lowest BCUT2D eigenvalue weighted by Gasteiger charge is -2.17. The van der Waals surface area contributed by atoms with Crippen molar-refractivity contribution in [3.05, 3.63) is 33.8 Å². The maximum atomic E-state index is 12.7. The van der Waals surface area contributed by atoms with Crippen molar-refractivity contribution in [2.45, 2.75) is 19.6 Å². The molecule has 0 aliphatic heterocycles. The summed E-state index contributed by atoms with van der Waals surface area (Å²) >= 11 is 0. The number of H-pyrrole nitrogens is 2. The Hall–Kier alpha value is -2.39. The van der Waals surface area contributed by atoms with E-state index in [4.69, 9.17) is 0 Å². The van der Waals surface area contributed by atoms with Crippen molar-refractivity contribution >= 4 is 5.95 Å². The number of aromatic nitrogens is 5. The van der Waals surface area contributed by atoms with Gasteiger partial charge in [-0.15, -0.1) is 0 Å². The van der Waals surface area contributed by atoms with Gasteiger partial charge in [-0.1, -0.05) is 0 Å². The third kappa shape index (κ3) is 3.13. The Bertz CT molecular complexity index is 661.